The first kappa shape index (κ1) is 17.3. The maximum atomic E-state index is 12.0. The molecule has 0 saturated carbocycles. The van der Waals surface area contributed by atoms with Gasteiger partial charge in [0.05, 0.1) is 0 Å². The molecule has 3 rings (SSSR count). The Hall–Kier alpha value is -2.53. The second-order valence-electron chi connectivity index (χ2n) is 5.68. The molecule has 0 saturated heterocycles. The van der Waals surface area contributed by atoms with Crippen molar-refractivity contribution in [1.82, 2.24) is 14.9 Å². The van der Waals surface area contributed by atoms with Crippen LogP contribution in [-0.2, 0) is 17.9 Å². The van der Waals surface area contributed by atoms with Crippen LogP contribution in [0, 0.1) is 0 Å². The van der Waals surface area contributed by atoms with Crippen LogP contribution in [0.3, 0.4) is 0 Å². The quantitative estimate of drug-likeness (QED) is 0.629. The Morgan fingerprint density at radius 3 is 2.40 bits per heavy atom. The molecule has 2 aromatic carbocycles. The molecular weight excluding hydrogens is 330 g/mol. The Morgan fingerprint density at radius 1 is 1.00 bits per heavy atom. The van der Waals surface area contributed by atoms with E-state index in [1.807, 2.05) is 54.7 Å². The molecule has 5 heteroatoms. The van der Waals surface area contributed by atoms with E-state index in [0.29, 0.717) is 18.7 Å². The Balaban J connectivity index is 1.43. The molecule has 3 aromatic rings. The number of imidazole rings is 1. The van der Waals surface area contributed by atoms with Crippen molar-refractivity contribution in [3.05, 3.63) is 84.2 Å². The average molecular weight is 351 g/mol. The van der Waals surface area contributed by atoms with Gasteiger partial charge in [-0.3, -0.25) is 4.79 Å². The Labute approximate surface area is 152 Å². The molecule has 25 heavy (non-hydrogen) atoms. The highest BCUT2D eigenvalue weighted by atomic mass is 32.2. The van der Waals surface area contributed by atoms with Crippen molar-refractivity contribution in [1.29, 1.82) is 0 Å². The summed E-state index contributed by atoms with van der Waals surface area (Å²) in [5, 5.41) is 3.90. The lowest BCUT2D eigenvalue weighted by molar-refractivity contribution is -0.120. The van der Waals surface area contributed by atoms with E-state index in [-0.39, 0.29) is 5.91 Å². The Morgan fingerprint density at radius 2 is 1.68 bits per heavy atom. The van der Waals surface area contributed by atoms with Gasteiger partial charge in [-0.1, -0.05) is 72.4 Å². The van der Waals surface area contributed by atoms with Gasteiger partial charge in [0.15, 0.2) is 5.16 Å². The second kappa shape index (κ2) is 9.08. The second-order valence-corrected chi connectivity index (χ2v) is 6.75. The lowest BCUT2D eigenvalue weighted by Crippen LogP contribution is -2.23. The van der Waals surface area contributed by atoms with Crippen LogP contribution in [-0.4, -0.2) is 21.2 Å². The molecule has 0 aliphatic rings. The summed E-state index contributed by atoms with van der Waals surface area (Å²) in [6, 6.07) is 20.2. The summed E-state index contributed by atoms with van der Waals surface area (Å²) in [6.45, 7) is 1.37. The molecule has 1 aromatic heterocycles. The topological polar surface area (TPSA) is 46.9 Å². The van der Waals surface area contributed by atoms with Gasteiger partial charge in [-0.25, -0.2) is 4.98 Å². The average Bonchev–Trinajstić information content (AvgIpc) is 3.09. The highest BCUT2D eigenvalue weighted by molar-refractivity contribution is 7.99. The molecule has 0 bridgehead atoms. The van der Waals surface area contributed by atoms with E-state index < -0.39 is 0 Å². The predicted molar refractivity (Wildman–Crippen MR) is 101 cm³/mol. The van der Waals surface area contributed by atoms with Crippen LogP contribution in [0.4, 0.5) is 0 Å². The molecule has 4 nitrogen and oxygen atoms in total. The zero-order chi connectivity index (χ0) is 17.3. The number of thioether (sulfide) groups is 1. The standard InChI is InChI=1S/C20H21N3OS/c24-19(22-15-17-7-3-1-4-8-17)11-14-25-20-21-12-13-23(20)16-18-9-5-2-6-10-18/h1-10,12-13H,11,14-16H2,(H,22,24). The fourth-order valence-corrected chi connectivity index (χ4v) is 3.35. The summed E-state index contributed by atoms with van der Waals surface area (Å²) in [5.41, 5.74) is 2.35. The van der Waals surface area contributed by atoms with E-state index in [9.17, 15) is 4.79 Å². The van der Waals surface area contributed by atoms with Crippen molar-refractivity contribution in [3.8, 4) is 0 Å². The minimum Gasteiger partial charge on any atom is -0.352 e. The number of aromatic nitrogens is 2. The smallest absolute Gasteiger partial charge is 0.221 e. The van der Waals surface area contributed by atoms with E-state index in [0.717, 1.165) is 17.3 Å². The zero-order valence-electron chi connectivity index (χ0n) is 14.0. The van der Waals surface area contributed by atoms with E-state index in [4.69, 9.17) is 0 Å². The summed E-state index contributed by atoms with van der Waals surface area (Å²) in [5.74, 6) is 0.782. The van der Waals surface area contributed by atoms with Crippen LogP contribution >= 0.6 is 11.8 Å². The molecule has 0 atom stereocenters. The van der Waals surface area contributed by atoms with Crippen molar-refractivity contribution in [2.24, 2.45) is 0 Å². The van der Waals surface area contributed by atoms with Crippen LogP contribution in [0.5, 0.6) is 0 Å². The first-order valence-electron chi connectivity index (χ1n) is 8.30. The molecule has 0 unspecified atom stereocenters. The molecule has 0 aliphatic carbocycles. The van der Waals surface area contributed by atoms with E-state index in [2.05, 4.69) is 27.0 Å². The summed E-state index contributed by atoms with van der Waals surface area (Å²) in [4.78, 5) is 16.4. The fraction of sp³-hybridized carbons (Fsp3) is 0.200. The Bertz CT molecular complexity index is 787. The van der Waals surface area contributed by atoms with Crippen LogP contribution in [0.1, 0.15) is 17.5 Å². The van der Waals surface area contributed by atoms with Gasteiger partial charge < -0.3 is 9.88 Å². The van der Waals surface area contributed by atoms with Crippen molar-refractivity contribution in [2.45, 2.75) is 24.7 Å². The molecule has 128 valence electrons. The zero-order valence-corrected chi connectivity index (χ0v) is 14.8. The number of benzene rings is 2. The van der Waals surface area contributed by atoms with Gasteiger partial charge in [0.1, 0.15) is 0 Å². The minimum absolute atomic E-state index is 0.0671. The monoisotopic (exact) mass is 351 g/mol. The Kier molecular flexibility index (Phi) is 6.29. The van der Waals surface area contributed by atoms with Gasteiger partial charge in [-0.2, -0.15) is 0 Å². The first-order chi connectivity index (χ1) is 12.3. The number of nitrogens with one attached hydrogen (secondary N) is 1. The van der Waals surface area contributed by atoms with Crippen molar-refractivity contribution in [2.75, 3.05) is 5.75 Å². The van der Waals surface area contributed by atoms with E-state index >= 15 is 0 Å². The van der Waals surface area contributed by atoms with Gasteiger partial charge in [-0.15, -0.1) is 0 Å². The molecular formula is C20H21N3OS. The molecule has 1 amide bonds. The third-order valence-corrected chi connectivity index (χ3v) is 4.77. The maximum Gasteiger partial charge on any atom is 0.221 e. The van der Waals surface area contributed by atoms with Crippen LogP contribution in [0.15, 0.2) is 78.2 Å². The number of hydrogen-bond donors (Lipinski definition) is 1. The van der Waals surface area contributed by atoms with E-state index in [1.165, 1.54) is 5.56 Å². The van der Waals surface area contributed by atoms with Crippen molar-refractivity contribution in [3.63, 3.8) is 0 Å². The van der Waals surface area contributed by atoms with Crippen molar-refractivity contribution < 1.29 is 4.79 Å². The number of nitrogens with zero attached hydrogens (tertiary/aromatic N) is 2. The summed E-state index contributed by atoms with van der Waals surface area (Å²) < 4.78 is 2.11. The summed E-state index contributed by atoms with van der Waals surface area (Å²) in [6.07, 6.45) is 4.27. The van der Waals surface area contributed by atoms with Crippen molar-refractivity contribution >= 4 is 17.7 Å². The molecule has 0 fully saturated rings. The SMILES string of the molecule is O=C(CCSc1nccn1Cc1ccccc1)NCc1ccccc1. The highest BCUT2D eigenvalue weighted by Crippen LogP contribution is 2.18. The third-order valence-electron chi connectivity index (χ3n) is 3.77. The lowest BCUT2D eigenvalue weighted by atomic mass is 10.2. The van der Waals surface area contributed by atoms with Crippen LogP contribution in [0.25, 0.3) is 0 Å². The molecule has 1 heterocycles. The number of carbonyl (C=O) groups excluding carboxylic acids is 1. The summed E-state index contributed by atoms with van der Waals surface area (Å²) >= 11 is 1.61. The van der Waals surface area contributed by atoms with E-state index in [1.54, 1.807) is 18.0 Å². The molecule has 0 radical (unpaired) electrons. The van der Waals surface area contributed by atoms with Gasteiger partial charge in [-0.05, 0) is 11.1 Å². The summed E-state index contributed by atoms with van der Waals surface area (Å²) in [7, 11) is 0. The number of hydrogen-bond acceptors (Lipinski definition) is 3. The number of rotatable bonds is 8. The number of carbonyl (C=O) groups is 1. The van der Waals surface area contributed by atoms with Gasteiger partial charge in [0.25, 0.3) is 0 Å². The highest BCUT2D eigenvalue weighted by Gasteiger charge is 2.07. The third kappa shape index (κ3) is 5.50. The van der Waals surface area contributed by atoms with Gasteiger partial charge >= 0.3 is 0 Å². The van der Waals surface area contributed by atoms with Gasteiger partial charge in [0, 0.05) is 37.7 Å². The fourth-order valence-electron chi connectivity index (χ4n) is 2.46. The lowest BCUT2D eigenvalue weighted by Gasteiger charge is -2.08. The molecule has 0 spiro atoms. The van der Waals surface area contributed by atoms with Gasteiger partial charge in [0.2, 0.25) is 5.91 Å². The molecule has 0 aliphatic heterocycles. The minimum atomic E-state index is 0.0671. The van der Waals surface area contributed by atoms with Crippen LogP contribution < -0.4 is 5.32 Å². The molecule has 1 N–H and O–H groups in total. The first-order valence-corrected chi connectivity index (χ1v) is 9.28. The largest absolute Gasteiger partial charge is 0.352 e. The van der Waals surface area contributed by atoms with Crippen LogP contribution in [0.2, 0.25) is 0 Å². The predicted octanol–water partition coefficient (Wildman–Crippen LogP) is 3.73. The number of amides is 1. The maximum absolute atomic E-state index is 12.0. The normalized spacial score (nSPS) is 10.6.